The van der Waals surface area contributed by atoms with Crippen LogP contribution in [0.15, 0.2) is 18.2 Å². The Hall–Kier alpha value is -3.34. The van der Waals surface area contributed by atoms with Crippen molar-refractivity contribution < 1.29 is 47.6 Å². The van der Waals surface area contributed by atoms with Crippen molar-refractivity contribution in [2.24, 2.45) is 11.8 Å². The van der Waals surface area contributed by atoms with E-state index in [1.165, 1.54) is 19.2 Å². The van der Waals surface area contributed by atoms with Crippen LogP contribution in [0.3, 0.4) is 0 Å². The third-order valence-corrected chi connectivity index (χ3v) is 5.64. The van der Waals surface area contributed by atoms with E-state index < -0.39 is 24.3 Å². The Labute approximate surface area is 237 Å². The van der Waals surface area contributed by atoms with Crippen LogP contribution in [0, 0.1) is 11.8 Å². The molecular formula is C29H45NO10. The normalized spacial score (nSPS) is 11.6. The summed E-state index contributed by atoms with van der Waals surface area (Å²) < 4.78 is 30.9. The highest BCUT2D eigenvalue weighted by Crippen LogP contribution is 2.30. The smallest absolute Gasteiger partial charge is 0.468 e. The third kappa shape index (κ3) is 15.3. The number of nitrogens with one attached hydrogen (secondary N) is 1. The lowest BCUT2D eigenvalue weighted by atomic mass is 10.1. The lowest BCUT2D eigenvalue weighted by Crippen LogP contribution is -2.41. The van der Waals surface area contributed by atoms with Crippen LogP contribution in [-0.4, -0.2) is 63.8 Å². The fourth-order valence-electron chi connectivity index (χ4n) is 3.25. The fourth-order valence-corrected chi connectivity index (χ4v) is 3.25. The molecule has 11 nitrogen and oxygen atoms in total. The highest BCUT2D eigenvalue weighted by atomic mass is 16.7. The Kier molecular flexibility index (Phi) is 17.1. The summed E-state index contributed by atoms with van der Waals surface area (Å²) in [6.07, 6.45) is 1.57. The molecule has 0 heterocycles. The summed E-state index contributed by atoms with van der Waals surface area (Å²) >= 11 is 0. The first-order chi connectivity index (χ1) is 19.0. The molecule has 0 amide bonds. The minimum Gasteiger partial charge on any atom is -0.468 e. The van der Waals surface area contributed by atoms with E-state index in [1.54, 1.807) is 6.07 Å². The van der Waals surface area contributed by atoms with Gasteiger partial charge in [-0.05, 0) is 55.2 Å². The number of carbonyl (C=O) groups excluding carboxylic acids is 4. The molecule has 0 fully saturated rings. The molecule has 0 spiro atoms. The molecular weight excluding hydrogens is 522 g/mol. The molecule has 1 atom stereocenters. The van der Waals surface area contributed by atoms with E-state index in [0.717, 1.165) is 12.8 Å². The maximum absolute atomic E-state index is 12.4. The first-order valence-electron chi connectivity index (χ1n) is 13.8. The Morgan fingerprint density at radius 3 is 1.98 bits per heavy atom. The van der Waals surface area contributed by atoms with Gasteiger partial charge in [-0.25, -0.2) is 9.59 Å². The van der Waals surface area contributed by atoms with E-state index in [-0.39, 0.29) is 50.3 Å². The van der Waals surface area contributed by atoms with Gasteiger partial charge in [0.15, 0.2) is 11.5 Å². The molecule has 0 aromatic heterocycles. The number of hydrogen-bond donors (Lipinski definition) is 1. The standard InChI is InChI=1S/C29H45NO10/c1-7-8-9-26(31)36-17-14-30-23(27(32)35-6)18-22-10-11-24(39-28(33)37-15-12-20(2)3)25(19-22)40-29(34)38-16-13-21(4)5/h10-11,19-21,23,30H,7-9,12-18H2,1-6H3/t23-/m0/s1. The second-order valence-electron chi connectivity index (χ2n) is 10.1. The first kappa shape index (κ1) is 34.7. The largest absolute Gasteiger partial charge is 0.513 e. The van der Waals surface area contributed by atoms with Crippen LogP contribution in [0.25, 0.3) is 0 Å². The number of hydrogen-bond acceptors (Lipinski definition) is 11. The van der Waals surface area contributed by atoms with Crippen LogP contribution in [0.2, 0.25) is 0 Å². The molecule has 40 heavy (non-hydrogen) atoms. The highest BCUT2D eigenvalue weighted by Gasteiger charge is 2.22. The summed E-state index contributed by atoms with van der Waals surface area (Å²) in [5, 5.41) is 3.02. The van der Waals surface area contributed by atoms with Gasteiger partial charge in [0.1, 0.15) is 12.6 Å². The Bertz CT molecular complexity index is 931. The third-order valence-electron chi connectivity index (χ3n) is 5.64. The number of rotatable bonds is 18. The number of unbranched alkanes of at least 4 members (excludes halogenated alkanes) is 1. The van der Waals surface area contributed by atoms with Crippen molar-refractivity contribution in [2.45, 2.75) is 79.2 Å². The van der Waals surface area contributed by atoms with Crippen molar-refractivity contribution in [1.82, 2.24) is 5.32 Å². The SMILES string of the molecule is CCCCC(=O)OCCN[C@@H](Cc1ccc(OC(=O)OCCC(C)C)c(OC(=O)OCCC(C)C)c1)C(=O)OC. The minimum absolute atomic E-state index is 0.0410. The van der Waals surface area contributed by atoms with Gasteiger partial charge in [-0.3, -0.25) is 9.59 Å². The van der Waals surface area contributed by atoms with Crippen LogP contribution in [0.4, 0.5) is 9.59 Å². The predicted octanol–water partition coefficient (Wildman–Crippen LogP) is 5.22. The number of esters is 2. The number of methoxy groups -OCH3 is 1. The zero-order valence-corrected chi connectivity index (χ0v) is 24.6. The summed E-state index contributed by atoms with van der Waals surface area (Å²) in [6, 6.07) is 3.76. The van der Waals surface area contributed by atoms with Crippen LogP contribution in [0.1, 0.15) is 72.3 Å². The first-order valence-corrected chi connectivity index (χ1v) is 13.8. The van der Waals surface area contributed by atoms with Crippen molar-refractivity contribution in [1.29, 1.82) is 0 Å². The average molecular weight is 568 g/mol. The highest BCUT2D eigenvalue weighted by molar-refractivity contribution is 5.76. The molecule has 0 aliphatic heterocycles. The molecule has 1 rings (SSSR count). The van der Waals surface area contributed by atoms with Crippen molar-refractivity contribution in [3.63, 3.8) is 0 Å². The Balaban J connectivity index is 2.96. The second kappa shape index (κ2) is 19.7. The Morgan fingerprint density at radius 1 is 0.825 bits per heavy atom. The molecule has 0 radical (unpaired) electrons. The maximum Gasteiger partial charge on any atom is 0.513 e. The Morgan fingerprint density at radius 2 is 1.43 bits per heavy atom. The topological polar surface area (TPSA) is 136 Å². The molecule has 1 N–H and O–H groups in total. The van der Waals surface area contributed by atoms with Gasteiger partial charge < -0.3 is 33.7 Å². The van der Waals surface area contributed by atoms with Gasteiger partial charge in [0, 0.05) is 13.0 Å². The zero-order chi connectivity index (χ0) is 29.9. The van der Waals surface area contributed by atoms with E-state index in [9.17, 15) is 19.2 Å². The van der Waals surface area contributed by atoms with Crippen molar-refractivity contribution in [3.05, 3.63) is 23.8 Å². The van der Waals surface area contributed by atoms with Crippen molar-refractivity contribution in [3.8, 4) is 11.5 Å². The molecule has 0 unspecified atom stereocenters. The molecule has 0 saturated heterocycles. The fraction of sp³-hybridized carbons (Fsp3) is 0.655. The average Bonchev–Trinajstić information content (AvgIpc) is 2.89. The van der Waals surface area contributed by atoms with Gasteiger partial charge in [0.25, 0.3) is 0 Å². The molecule has 0 aliphatic rings. The van der Waals surface area contributed by atoms with Crippen LogP contribution < -0.4 is 14.8 Å². The summed E-state index contributed by atoms with van der Waals surface area (Å²) in [7, 11) is 1.27. The van der Waals surface area contributed by atoms with E-state index in [0.29, 0.717) is 36.7 Å². The van der Waals surface area contributed by atoms with Crippen molar-refractivity contribution >= 4 is 24.2 Å². The van der Waals surface area contributed by atoms with Gasteiger partial charge in [0.2, 0.25) is 0 Å². The second-order valence-corrected chi connectivity index (χ2v) is 10.1. The van der Waals surface area contributed by atoms with Crippen molar-refractivity contribution in [2.75, 3.05) is 33.5 Å². The lowest BCUT2D eigenvalue weighted by Gasteiger charge is -2.18. The minimum atomic E-state index is -0.955. The molecule has 1 aromatic carbocycles. The van der Waals surface area contributed by atoms with E-state index in [1.807, 2.05) is 34.6 Å². The molecule has 0 saturated carbocycles. The zero-order valence-electron chi connectivity index (χ0n) is 24.6. The monoisotopic (exact) mass is 567 g/mol. The molecule has 11 heteroatoms. The van der Waals surface area contributed by atoms with E-state index in [4.69, 9.17) is 28.4 Å². The van der Waals surface area contributed by atoms with E-state index in [2.05, 4.69) is 5.32 Å². The lowest BCUT2D eigenvalue weighted by molar-refractivity contribution is -0.144. The summed E-state index contributed by atoms with van der Waals surface area (Å²) in [5.41, 5.74) is 0.577. The van der Waals surface area contributed by atoms with Gasteiger partial charge in [-0.1, -0.05) is 47.1 Å². The summed E-state index contributed by atoms with van der Waals surface area (Å²) in [5.74, 6) is -0.253. The van der Waals surface area contributed by atoms with Crippen LogP contribution >= 0.6 is 0 Å². The predicted molar refractivity (Wildman–Crippen MR) is 147 cm³/mol. The molecule has 1 aromatic rings. The van der Waals surface area contributed by atoms with E-state index >= 15 is 0 Å². The van der Waals surface area contributed by atoms with Gasteiger partial charge in [0.05, 0.1) is 20.3 Å². The molecule has 0 bridgehead atoms. The number of benzene rings is 1. The van der Waals surface area contributed by atoms with Gasteiger partial charge >= 0.3 is 24.2 Å². The van der Waals surface area contributed by atoms with Gasteiger partial charge in [-0.15, -0.1) is 0 Å². The number of ether oxygens (including phenoxy) is 6. The maximum atomic E-state index is 12.4. The summed E-state index contributed by atoms with van der Waals surface area (Å²) in [6.45, 7) is 10.7. The summed E-state index contributed by atoms with van der Waals surface area (Å²) in [4.78, 5) is 48.6. The quantitative estimate of drug-likeness (QED) is 0.108. The molecule has 0 aliphatic carbocycles. The van der Waals surface area contributed by atoms with Crippen LogP contribution in [0.5, 0.6) is 11.5 Å². The van der Waals surface area contributed by atoms with Gasteiger partial charge in [-0.2, -0.15) is 0 Å². The molecule has 226 valence electrons. The number of carbonyl (C=O) groups is 4. The van der Waals surface area contributed by atoms with Crippen LogP contribution in [-0.2, 0) is 35.0 Å².